The van der Waals surface area contributed by atoms with Gasteiger partial charge < -0.3 is 14.2 Å². The zero-order valence-electron chi connectivity index (χ0n) is 17.7. The van der Waals surface area contributed by atoms with Crippen molar-refractivity contribution in [2.45, 2.75) is 12.5 Å². The SMILES string of the molecule is COC(=O)c1cc2ccccc2cc1-c1cc2ccccc2cc1C(=O)O[C@@H]1CCOC1. The van der Waals surface area contributed by atoms with Crippen LogP contribution in [0.3, 0.4) is 0 Å². The lowest BCUT2D eigenvalue weighted by atomic mass is 9.90. The van der Waals surface area contributed by atoms with Crippen LogP contribution < -0.4 is 0 Å². The second-order valence-corrected chi connectivity index (χ2v) is 7.87. The van der Waals surface area contributed by atoms with Crippen LogP contribution in [0.2, 0.25) is 0 Å². The Kier molecular flexibility index (Phi) is 5.33. The average molecular weight is 426 g/mol. The fourth-order valence-electron chi connectivity index (χ4n) is 4.19. The molecule has 4 aromatic carbocycles. The molecule has 0 amide bonds. The summed E-state index contributed by atoms with van der Waals surface area (Å²) < 4.78 is 16.2. The van der Waals surface area contributed by atoms with E-state index in [0.29, 0.717) is 41.9 Å². The summed E-state index contributed by atoms with van der Waals surface area (Å²) in [6.45, 7) is 0.984. The van der Waals surface area contributed by atoms with Gasteiger partial charge in [0.25, 0.3) is 0 Å². The van der Waals surface area contributed by atoms with E-state index < -0.39 is 11.9 Å². The predicted molar refractivity (Wildman–Crippen MR) is 123 cm³/mol. The van der Waals surface area contributed by atoms with Crippen molar-refractivity contribution in [1.29, 1.82) is 0 Å². The summed E-state index contributed by atoms with van der Waals surface area (Å²) in [5.74, 6) is -0.882. The van der Waals surface area contributed by atoms with Crippen LogP contribution in [0.25, 0.3) is 32.7 Å². The molecule has 5 rings (SSSR count). The van der Waals surface area contributed by atoms with Gasteiger partial charge >= 0.3 is 11.9 Å². The van der Waals surface area contributed by atoms with Gasteiger partial charge in [-0.25, -0.2) is 9.59 Å². The number of hydrogen-bond donors (Lipinski definition) is 0. The second kappa shape index (κ2) is 8.44. The summed E-state index contributed by atoms with van der Waals surface area (Å²) in [5, 5.41) is 3.77. The lowest BCUT2D eigenvalue weighted by Gasteiger charge is -2.17. The van der Waals surface area contributed by atoms with Crippen molar-refractivity contribution >= 4 is 33.5 Å². The Balaban J connectivity index is 1.74. The number of methoxy groups -OCH3 is 1. The maximum atomic E-state index is 13.3. The van der Waals surface area contributed by atoms with Crippen LogP contribution in [-0.4, -0.2) is 38.4 Å². The minimum atomic E-state index is -0.456. The monoisotopic (exact) mass is 426 g/mol. The van der Waals surface area contributed by atoms with Gasteiger partial charge in [0.2, 0.25) is 0 Å². The third-order valence-corrected chi connectivity index (χ3v) is 5.85. The molecule has 1 aliphatic rings. The highest BCUT2D eigenvalue weighted by Crippen LogP contribution is 2.35. The first-order valence-electron chi connectivity index (χ1n) is 10.6. The van der Waals surface area contributed by atoms with Crippen LogP contribution in [0.5, 0.6) is 0 Å². The molecule has 32 heavy (non-hydrogen) atoms. The van der Waals surface area contributed by atoms with E-state index in [1.165, 1.54) is 7.11 Å². The molecule has 0 saturated carbocycles. The van der Waals surface area contributed by atoms with Crippen LogP contribution in [-0.2, 0) is 14.2 Å². The first-order chi connectivity index (χ1) is 15.6. The predicted octanol–water partition coefficient (Wildman–Crippen LogP) is 5.39. The summed E-state index contributed by atoms with van der Waals surface area (Å²) in [6.07, 6.45) is 0.413. The normalized spacial score (nSPS) is 15.7. The number of carbonyl (C=O) groups is 2. The molecule has 0 aromatic heterocycles. The van der Waals surface area contributed by atoms with Gasteiger partial charge in [0.1, 0.15) is 6.10 Å². The Bertz CT molecular complexity index is 1330. The smallest absolute Gasteiger partial charge is 0.339 e. The van der Waals surface area contributed by atoms with Crippen molar-refractivity contribution in [3.8, 4) is 11.1 Å². The fraction of sp³-hybridized carbons (Fsp3) is 0.185. The van der Waals surface area contributed by atoms with Crippen LogP contribution in [0.15, 0.2) is 72.8 Å². The zero-order chi connectivity index (χ0) is 22.1. The molecule has 4 aromatic rings. The molecule has 0 bridgehead atoms. The maximum Gasteiger partial charge on any atom is 0.339 e. The van der Waals surface area contributed by atoms with E-state index in [2.05, 4.69) is 0 Å². The summed E-state index contributed by atoms with van der Waals surface area (Å²) >= 11 is 0. The standard InChI is InChI=1S/C27H22O5/c1-30-26(28)24-14-19-8-4-2-6-17(19)12-22(24)23-13-18-7-3-5-9-20(18)15-25(23)27(29)32-21-10-11-31-16-21/h2-9,12-15,21H,10-11,16H2,1H3/t21-/m1/s1. The van der Waals surface area contributed by atoms with E-state index in [1.54, 1.807) is 0 Å². The van der Waals surface area contributed by atoms with Crippen molar-refractivity contribution in [1.82, 2.24) is 0 Å². The van der Waals surface area contributed by atoms with Gasteiger partial charge in [-0.3, -0.25) is 0 Å². The third kappa shape index (κ3) is 3.72. The number of carbonyl (C=O) groups excluding carboxylic acids is 2. The molecular weight excluding hydrogens is 404 g/mol. The molecule has 0 spiro atoms. The molecule has 0 radical (unpaired) electrons. The lowest BCUT2D eigenvalue weighted by molar-refractivity contribution is 0.0271. The lowest BCUT2D eigenvalue weighted by Crippen LogP contribution is -2.19. The van der Waals surface area contributed by atoms with Crippen molar-refractivity contribution in [2.75, 3.05) is 20.3 Å². The molecule has 5 heteroatoms. The molecular formula is C27H22O5. The Hall–Kier alpha value is -3.70. The summed E-state index contributed by atoms with van der Waals surface area (Å²) in [5.41, 5.74) is 2.09. The highest BCUT2D eigenvalue weighted by atomic mass is 16.6. The van der Waals surface area contributed by atoms with E-state index in [4.69, 9.17) is 14.2 Å². The molecule has 1 aliphatic heterocycles. The Morgan fingerprint density at radius 3 is 1.75 bits per heavy atom. The summed E-state index contributed by atoms with van der Waals surface area (Å²) in [7, 11) is 1.36. The highest BCUT2D eigenvalue weighted by Gasteiger charge is 2.25. The van der Waals surface area contributed by atoms with Gasteiger partial charge in [0.05, 0.1) is 31.5 Å². The molecule has 0 unspecified atom stereocenters. The molecule has 1 saturated heterocycles. The molecule has 1 atom stereocenters. The number of esters is 2. The molecule has 0 aliphatic carbocycles. The topological polar surface area (TPSA) is 61.8 Å². The van der Waals surface area contributed by atoms with Crippen LogP contribution in [0.4, 0.5) is 0 Å². The Morgan fingerprint density at radius 2 is 1.28 bits per heavy atom. The van der Waals surface area contributed by atoms with Crippen molar-refractivity contribution in [3.05, 3.63) is 83.9 Å². The Labute approximate surface area is 185 Å². The van der Waals surface area contributed by atoms with Gasteiger partial charge in [-0.1, -0.05) is 48.5 Å². The van der Waals surface area contributed by atoms with Crippen LogP contribution >= 0.6 is 0 Å². The molecule has 160 valence electrons. The summed E-state index contributed by atoms with van der Waals surface area (Å²) in [4.78, 5) is 26.0. The van der Waals surface area contributed by atoms with Gasteiger partial charge in [-0.15, -0.1) is 0 Å². The number of ether oxygens (including phenoxy) is 3. The number of rotatable bonds is 4. The van der Waals surface area contributed by atoms with Crippen LogP contribution in [0.1, 0.15) is 27.1 Å². The first-order valence-corrected chi connectivity index (χ1v) is 10.6. The number of hydrogen-bond acceptors (Lipinski definition) is 5. The zero-order valence-corrected chi connectivity index (χ0v) is 17.7. The number of fused-ring (bicyclic) bond motifs is 2. The van der Waals surface area contributed by atoms with Gasteiger partial charge in [-0.05, 0) is 56.9 Å². The quantitative estimate of drug-likeness (QED) is 0.409. The fourth-order valence-corrected chi connectivity index (χ4v) is 4.19. The van der Waals surface area contributed by atoms with E-state index in [1.807, 2.05) is 72.8 Å². The molecule has 0 N–H and O–H groups in total. The molecule has 1 heterocycles. The first kappa shape index (κ1) is 20.2. The van der Waals surface area contributed by atoms with E-state index in [0.717, 1.165) is 21.5 Å². The minimum Gasteiger partial charge on any atom is -0.465 e. The van der Waals surface area contributed by atoms with Gasteiger partial charge in [-0.2, -0.15) is 0 Å². The summed E-state index contributed by atoms with van der Waals surface area (Å²) in [6, 6.07) is 23.1. The Morgan fingerprint density at radius 1 is 0.781 bits per heavy atom. The minimum absolute atomic E-state index is 0.265. The highest BCUT2D eigenvalue weighted by molar-refractivity contribution is 6.09. The average Bonchev–Trinajstić information content (AvgIpc) is 3.35. The number of benzene rings is 4. The van der Waals surface area contributed by atoms with E-state index >= 15 is 0 Å². The van der Waals surface area contributed by atoms with E-state index in [9.17, 15) is 9.59 Å². The van der Waals surface area contributed by atoms with Gasteiger partial charge in [0.15, 0.2) is 0 Å². The van der Waals surface area contributed by atoms with Crippen molar-refractivity contribution in [2.24, 2.45) is 0 Å². The second-order valence-electron chi connectivity index (χ2n) is 7.87. The van der Waals surface area contributed by atoms with Crippen molar-refractivity contribution < 1.29 is 23.8 Å². The largest absolute Gasteiger partial charge is 0.465 e. The van der Waals surface area contributed by atoms with Gasteiger partial charge in [0, 0.05) is 6.42 Å². The third-order valence-electron chi connectivity index (χ3n) is 5.85. The van der Waals surface area contributed by atoms with Crippen molar-refractivity contribution in [3.63, 3.8) is 0 Å². The molecule has 1 fully saturated rings. The van der Waals surface area contributed by atoms with Crippen LogP contribution in [0, 0.1) is 0 Å². The molecule has 5 nitrogen and oxygen atoms in total. The van der Waals surface area contributed by atoms with E-state index in [-0.39, 0.29) is 6.10 Å². The maximum absolute atomic E-state index is 13.3.